The summed E-state index contributed by atoms with van der Waals surface area (Å²) in [7, 11) is 1.75. The Kier molecular flexibility index (Phi) is 5.44. The standard InChI is InChI=1S/C23H33N7O2/c1-14-19(31-15-6-4-3-5-7-15)9-8-17(27-14)20(24)18(30(2)25)13-26-22-28-21(32-29-22)16-12-23(16)10-11-23/h8-9,15-16H,3-7,10-13,24-25H2,1-2H3,(H,26,29)/b20-18-. The van der Waals surface area contributed by atoms with Crippen molar-refractivity contribution in [3.63, 3.8) is 0 Å². The van der Waals surface area contributed by atoms with E-state index in [4.69, 9.17) is 20.8 Å². The number of hydrogen-bond donors (Lipinski definition) is 3. The van der Waals surface area contributed by atoms with E-state index in [2.05, 4.69) is 20.4 Å². The van der Waals surface area contributed by atoms with Crippen LogP contribution in [0.3, 0.4) is 0 Å². The summed E-state index contributed by atoms with van der Waals surface area (Å²) in [6, 6.07) is 3.84. The van der Waals surface area contributed by atoms with Crippen molar-refractivity contribution in [1.29, 1.82) is 0 Å². The number of nitrogens with two attached hydrogens (primary N) is 2. The van der Waals surface area contributed by atoms with Crippen LogP contribution in [-0.4, -0.2) is 39.8 Å². The second-order valence-electron chi connectivity index (χ2n) is 9.56. The molecule has 1 atom stereocenters. The van der Waals surface area contributed by atoms with Crippen molar-refractivity contribution in [1.82, 2.24) is 20.1 Å². The highest BCUT2D eigenvalue weighted by atomic mass is 16.5. The minimum absolute atomic E-state index is 0.281. The van der Waals surface area contributed by atoms with Gasteiger partial charge in [0.05, 0.1) is 35.4 Å². The SMILES string of the molecule is Cc1nc(/C(N)=C(\CNc2noc(C3CC34CC4)n2)N(C)N)ccc1OC1CCCCC1. The van der Waals surface area contributed by atoms with Gasteiger partial charge in [-0.2, -0.15) is 4.98 Å². The minimum Gasteiger partial charge on any atom is -0.489 e. The molecule has 3 saturated carbocycles. The van der Waals surface area contributed by atoms with Crippen LogP contribution in [0.5, 0.6) is 5.75 Å². The quantitative estimate of drug-likeness (QED) is 0.419. The average Bonchev–Trinajstić information content (AvgIpc) is 3.67. The van der Waals surface area contributed by atoms with Gasteiger partial charge in [-0.25, -0.2) is 10.8 Å². The highest BCUT2D eigenvalue weighted by Crippen LogP contribution is 2.74. The first kappa shape index (κ1) is 21.1. The lowest BCUT2D eigenvalue weighted by Gasteiger charge is -2.24. The van der Waals surface area contributed by atoms with E-state index in [1.807, 2.05) is 19.1 Å². The van der Waals surface area contributed by atoms with Gasteiger partial charge >= 0.3 is 0 Å². The van der Waals surface area contributed by atoms with Crippen LogP contribution in [0.1, 0.15) is 74.6 Å². The normalized spacial score (nSPS) is 22.4. The molecule has 2 aromatic heterocycles. The highest BCUT2D eigenvalue weighted by molar-refractivity contribution is 5.64. The van der Waals surface area contributed by atoms with Gasteiger partial charge < -0.3 is 25.3 Å². The first-order valence-corrected chi connectivity index (χ1v) is 11.6. The molecule has 1 unspecified atom stereocenters. The maximum atomic E-state index is 6.47. The molecule has 9 heteroatoms. The molecule has 0 aromatic carbocycles. The molecule has 9 nitrogen and oxygen atoms in total. The summed E-state index contributed by atoms with van der Waals surface area (Å²) in [5.74, 6) is 8.52. The van der Waals surface area contributed by atoms with Gasteiger partial charge in [0.25, 0.3) is 5.95 Å². The predicted octanol–water partition coefficient (Wildman–Crippen LogP) is 3.30. The van der Waals surface area contributed by atoms with Crippen LogP contribution in [0.15, 0.2) is 22.4 Å². The van der Waals surface area contributed by atoms with E-state index < -0.39 is 0 Å². The van der Waals surface area contributed by atoms with Crippen molar-refractivity contribution < 1.29 is 9.26 Å². The summed E-state index contributed by atoms with van der Waals surface area (Å²) in [4.78, 5) is 9.20. The third-order valence-corrected chi connectivity index (χ3v) is 7.13. The molecule has 172 valence electrons. The maximum Gasteiger partial charge on any atom is 0.263 e. The summed E-state index contributed by atoms with van der Waals surface area (Å²) >= 11 is 0. The van der Waals surface area contributed by atoms with Gasteiger partial charge in [-0.3, -0.25) is 0 Å². The van der Waals surface area contributed by atoms with Gasteiger partial charge in [-0.15, -0.1) is 0 Å². The molecule has 2 aromatic rings. The zero-order chi connectivity index (χ0) is 22.3. The van der Waals surface area contributed by atoms with Crippen LogP contribution in [0.25, 0.3) is 5.70 Å². The zero-order valence-corrected chi connectivity index (χ0v) is 18.9. The van der Waals surface area contributed by atoms with Crippen LogP contribution >= 0.6 is 0 Å². The first-order chi connectivity index (χ1) is 15.4. The molecule has 0 radical (unpaired) electrons. The van der Waals surface area contributed by atoms with Gasteiger partial charge in [-0.1, -0.05) is 6.42 Å². The molecule has 0 saturated heterocycles. The van der Waals surface area contributed by atoms with Crippen molar-refractivity contribution >= 4 is 11.6 Å². The van der Waals surface area contributed by atoms with E-state index in [-0.39, 0.29) is 6.10 Å². The van der Waals surface area contributed by atoms with Crippen molar-refractivity contribution in [3.05, 3.63) is 35.1 Å². The van der Waals surface area contributed by atoms with Crippen LogP contribution in [0.2, 0.25) is 0 Å². The number of hydrogen-bond acceptors (Lipinski definition) is 9. The van der Waals surface area contributed by atoms with Gasteiger partial charge in [0, 0.05) is 13.0 Å². The Labute approximate surface area is 188 Å². The zero-order valence-electron chi connectivity index (χ0n) is 18.9. The summed E-state index contributed by atoms with van der Waals surface area (Å²) in [6.07, 6.45) is 9.98. The molecular weight excluding hydrogens is 406 g/mol. The van der Waals surface area contributed by atoms with Crippen molar-refractivity contribution in [2.45, 2.75) is 70.3 Å². The summed E-state index contributed by atoms with van der Waals surface area (Å²) in [5.41, 5.74) is 9.62. The Bertz CT molecular complexity index is 1010. The number of nitrogens with zero attached hydrogens (tertiary/aromatic N) is 4. The average molecular weight is 440 g/mol. The van der Waals surface area contributed by atoms with Crippen LogP contribution in [0, 0.1) is 12.3 Å². The smallest absolute Gasteiger partial charge is 0.263 e. The molecule has 3 aliphatic rings. The minimum atomic E-state index is 0.281. The largest absolute Gasteiger partial charge is 0.489 e. The predicted molar refractivity (Wildman–Crippen MR) is 121 cm³/mol. The molecule has 0 bridgehead atoms. The van der Waals surface area contributed by atoms with Crippen LogP contribution in [0.4, 0.5) is 5.95 Å². The maximum absolute atomic E-state index is 6.47. The molecule has 0 amide bonds. The van der Waals surface area contributed by atoms with E-state index in [9.17, 15) is 0 Å². The number of aromatic nitrogens is 3. The lowest BCUT2D eigenvalue weighted by atomic mass is 9.98. The molecular formula is C23H33N7O2. The summed E-state index contributed by atoms with van der Waals surface area (Å²) < 4.78 is 11.6. The Balaban J connectivity index is 1.26. The number of rotatable bonds is 8. The fraction of sp³-hybridized carbons (Fsp3) is 0.609. The number of ether oxygens (including phenoxy) is 1. The number of likely N-dealkylation sites (N-methyl/N-ethyl adjacent to an activating group) is 1. The number of pyridine rings is 1. The Hall–Kier alpha value is -2.81. The van der Waals surface area contributed by atoms with Crippen molar-refractivity contribution in [2.75, 3.05) is 18.9 Å². The van der Waals surface area contributed by atoms with E-state index >= 15 is 0 Å². The Morgan fingerprint density at radius 3 is 2.69 bits per heavy atom. The molecule has 3 aliphatic carbocycles. The molecule has 5 rings (SSSR count). The molecule has 3 fully saturated rings. The lowest BCUT2D eigenvalue weighted by Crippen LogP contribution is -2.32. The Morgan fingerprint density at radius 1 is 1.25 bits per heavy atom. The third-order valence-electron chi connectivity index (χ3n) is 7.13. The number of nitrogens with one attached hydrogen (secondary N) is 1. The van der Waals surface area contributed by atoms with E-state index in [0.29, 0.717) is 40.9 Å². The van der Waals surface area contributed by atoms with Crippen LogP contribution < -0.4 is 21.6 Å². The van der Waals surface area contributed by atoms with E-state index in [0.717, 1.165) is 30.2 Å². The molecule has 1 spiro atoms. The fourth-order valence-electron chi connectivity index (χ4n) is 4.76. The van der Waals surface area contributed by atoms with Gasteiger partial charge in [-0.05, 0) is 74.6 Å². The molecule has 5 N–H and O–H groups in total. The number of hydrazine groups is 1. The van der Waals surface area contributed by atoms with Gasteiger partial charge in [0.1, 0.15) is 5.75 Å². The van der Waals surface area contributed by atoms with E-state index in [1.54, 1.807) is 7.05 Å². The second-order valence-corrected chi connectivity index (χ2v) is 9.56. The second kappa shape index (κ2) is 8.27. The van der Waals surface area contributed by atoms with Crippen molar-refractivity contribution in [2.24, 2.45) is 17.0 Å². The lowest BCUT2D eigenvalue weighted by molar-refractivity contribution is 0.153. The summed E-state index contributed by atoms with van der Waals surface area (Å²) in [5, 5.41) is 8.74. The van der Waals surface area contributed by atoms with E-state index in [1.165, 1.54) is 43.5 Å². The first-order valence-electron chi connectivity index (χ1n) is 11.6. The third kappa shape index (κ3) is 4.26. The highest BCUT2D eigenvalue weighted by Gasteiger charge is 2.65. The summed E-state index contributed by atoms with van der Waals surface area (Å²) in [6.45, 7) is 2.30. The molecule has 2 heterocycles. The number of aryl methyl sites for hydroxylation is 1. The number of anilines is 1. The topological polar surface area (TPSA) is 128 Å². The van der Waals surface area contributed by atoms with Crippen LogP contribution in [-0.2, 0) is 0 Å². The van der Waals surface area contributed by atoms with Crippen molar-refractivity contribution in [3.8, 4) is 5.75 Å². The molecule has 32 heavy (non-hydrogen) atoms. The van der Waals surface area contributed by atoms with Gasteiger partial charge in [0.15, 0.2) is 0 Å². The molecule has 0 aliphatic heterocycles. The Morgan fingerprint density at radius 2 is 2.03 bits per heavy atom. The van der Waals surface area contributed by atoms with Gasteiger partial charge in [0.2, 0.25) is 5.89 Å². The monoisotopic (exact) mass is 439 g/mol. The fourth-order valence-corrected chi connectivity index (χ4v) is 4.76.